The van der Waals surface area contributed by atoms with Crippen LogP contribution in [0.3, 0.4) is 0 Å². The van der Waals surface area contributed by atoms with Crippen LogP contribution in [0, 0.1) is 0 Å². The fraction of sp³-hybridized carbons (Fsp3) is 0.435. The molecular weight excluding hydrogens is 356 g/mol. The van der Waals surface area contributed by atoms with E-state index in [2.05, 4.69) is 34.5 Å². The maximum absolute atomic E-state index is 11.4. The molecule has 1 fully saturated rings. The maximum atomic E-state index is 11.4. The number of benzene rings is 2. The van der Waals surface area contributed by atoms with Crippen LogP contribution < -0.4 is 5.32 Å². The first kappa shape index (κ1) is 18.5. The third-order valence-corrected chi connectivity index (χ3v) is 6.33. The Balaban J connectivity index is 1.36. The predicted octanol–water partition coefficient (Wildman–Crippen LogP) is 5.21. The van der Waals surface area contributed by atoms with Crippen molar-refractivity contribution < 1.29 is 4.79 Å². The number of fused-ring (bicyclic) bond motifs is 1. The highest BCUT2D eigenvalue weighted by molar-refractivity contribution is 6.30. The Morgan fingerprint density at radius 1 is 1.11 bits per heavy atom. The maximum Gasteiger partial charge on any atom is 0.221 e. The molecule has 1 heterocycles. The van der Waals surface area contributed by atoms with Crippen LogP contribution in [0.1, 0.15) is 54.7 Å². The average Bonchev–Trinajstić information content (AvgIpc) is 3.05. The normalized spacial score (nSPS) is 20.4. The summed E-state index contributed by atoms with van der Waals surface area (Å²) < 4.78 is 0. The Kier molecular flexibility index (Phi) is 5.51. The van der Waals surface area contributed by atoms with E-state index in [0.29, 0.717) is 11.8 Å². The van der Waals surface area contributed by atoms with Crippen molar-refractivity contribution in [1.82, 2.24) is 4.90 Å². The molecule has 2 aromatic carbocycles. The molecule has 1 amide bonds. The van der Waals surface area contributed by atoms with Crippen molar-refractivity contribution in [3.8, 4) is 0 Å². The van der Waals surface area contributed by atoms with Crippen LogP contribution in [-0.2, 0) is 11.2 Å². The monoisotopic (exact) mass is 382 g/mol. The number of likely N-dealkylation sites (tertiary alicyclic amines) is 1. The Hall–Kier alpha value is -1.84. The van der Waals surface area contributed by atoms with Gasteiger partial charge in [-0.3, -0.25) is 4.79 Å². The zero-order valence-electron chi connectivity index (χ0n) is 15.9. The second kappa shape index (κ2) is 8.04. The third-order valence-electron chi connectivity index (χ3n) is 6.08. The molecule has 4 heteroatoms. The number of carbonyl (C=O) groups excluding carboxylic acids is 1. The Morgan fingerprint density at radius 2 is 1.85 bits per heavy atom. The van der Waals surface area contributed by atoms with Crippen LogP contribution in [0.4, 0.5) is 5.69 Å². The molecule has 2 aromatic rings. The molecule has 0 bridgehead atoms. The number of nitrogens with one attached hydrogen (secondary N) is 1. The summed E-state index contributed by atoms with van der Waals surface area (Å²) in [6.45, 7) is 5.01. The van der Waals surface area contributed by atoms with Gasteiger partial charge in [0.05, 0.1) is 0 Å². The Morgan fingerprint density at radius 3 is 2.56 bits per heavy atom. The van der Waals surface area contributed by atoms with Crippen molar-refractivity contribution in [2.24, 2.45) is 0 Å². The molecule has 2 aliphatic rings. The van der Waals surface area contributed by atoms with Crippen LogP contribution in [0.15, 0.2) is 42.5 Å². The summed E-state index contributed by atoms with van der Waals surface area (Å²) >= 11 is 6.02. The minimum absolute atomic E-state index is 0.00577. The van der Waals surface area contributed by atoms with E-state index in [1.165, 1.54) is 36.0 Å². The van der Waals surface area contributed by atoms with Crippen molar-refractivity contribution in [1.29, 1.82) is 0 Å². The van der Waals surface area contributed by atoms with Crippen LogP contribution >= 0.6 is 11.6 Å². The summed E-state index contributed by atoms with van der Waals surface area (Å²) in [5.74, 6) is 1.23. The SMILES string of the molecule is CC(=O)Nc1ccc2c(c1)C(CN1CCC(c3ccc(Cl)cc3)CC1)CC2. The van der Waals surface area contributed by atoms with E-state index in [0.717, 1.165) is 36.8 Å². The first-order valence-corrected chi connectivity index (χ1v) is 10.3. The van der Waals surface area contributed by atoms with Gasteiger partial charge in [-0.25, -0.2) is 0 Å². The third kappa shape index (κ3) is 4.36. The number of nitrogens with zero attached hydrogens (tertiary/aromatic N) is 1. The van der Waals surface area contributed by atoms with Gasteiger partial charge in [0, 0.05) is 24.2 Å². The molecule has 1 aliphatic carbocycles. The summed E-state index contributed by atoms with van der Waals surface area (Å²) in [6, 6.07) is 14.8. The molecule has 27 heavy (non-hydrogen) atoms. The summed E-state index contributed by atoms with van der Waals surface area (Å²) in [4.78, 5) is 14.0. The quantitative estimate of drug-likeness (QED) is 0.787. The first-order valence-electron chi connectivity index (χ1n) is 9.97. The lowest BCUT2D eigenvalue weighted by Gasteiger charge is -2.34. The van der Waals surface area contributed by atoms with Gasteiger partial charge in [-0.15, -0.1) is 0 Å². The van der Waals surface area contributed by atoms with Crippen LogP contribution in [0.25, 0.3) is 0 Å². The number of hydrogen-bond acceptors (Lipinski definition) is 2. The lowest BCUT2D eigenvalue weighted by atomic mass is 9.89. The van der Waals surface area contributed by atoms with Gasteiger partial charge in [0.25, 0.3) is 0 Å². The molecule has 3 nitrogen and oxygen atoms in total. The Bertz CT molecular complexity index is 810. The number of amides is 1. The topological polar surface area (TPSA) is 32.3 Å². The molecule has 4 rings (SSSR count). The largest absolute Gasteiger partial charge is 0.326 e. The van der Waals surface area contributed by atoms with Crippen LogP contribution in [0.5, 0.6) is 0 Å². The van der Waals surface area contributed by atoms with Gasteiger partial charge in [0.15, 0.2) is 0 Å². The number of anilines is 1. The standard InChI is InChI=1S/C23H27ClN2O/c1-16(27)25-22-9-6-19-2-3-20(23(19)14-22)15-26-12-10-18(11-13-26)17-4-7-21(24)8-5-17/h4-9,14,18,20H,2-3,10-13,15H2,1H3,(H,25,27). The predicted molar refractivity (Wildman–Crippen MR) is 112 cm³/mol. The fourth-order valence-corrected chi connectivity index (χ4v) is 4.78. The van der Waals surface area contributed by atoms with Gasteiger partial charge in [0.2, 0.25) is 5.91 Å². The molecular formula is C23H27ClN2O. The van der Waals surface area contributed by atoms with Gasteiger partial charge in [-0.2, -0.15) is 0 Å². The highest BCUT2D eigenvalue weighted by Gasteiger charge is 2.27. The second-order valence-electron chi connectivity index (χ2n) is 7.96. The number of carbonyl (C=O) groups is 1. The van der Waals surface area contributed by atoms with E-state index >= 15 is 0 Å². The van der Waals surface area contributed by atoms with Gasteiger partial charge >= 0.3 is 0 Å². The summed E-state index contributed by atoms with van der Waals surface area (Å²) in [5, 5.41) is 3.74. The van der Waals surface area contributed by atoms with Gasteiger partial charge in [-0.1, -0.05) is 29.8 Å². The lowest BCUT2D eigenvalue weighted by molar-refractivity contribution is -0.114. The fourth-order valence-electron chi connectivity index (χ4n) is 4.65. The molecule has 0 saturated carbocycles. The molecule has 142 valence electrons. The van der Waals surface area contributed by atoms with E-state index in [-0.39, 0.29) is 5.91 Å². The van der Waals surface area contributed by atoms with Crippen LogP contribution in [-0.4, -0.2) is 30.4 Å². The van der Waals surface area contributed by atoms with E-state index in [9.17, 15) is 4.79 Å². The zero-order valence-corrected chi connectivity index (χ0v) is 16.6. The number of halogens is 1. The van der Waals surface area contributed by atoms with E-state index in [4.69, 9.17) is 11.6 Å². The highest BCUT2D eigenvalue weighted by atomic mass is 35.5. The van der Waals surface area contributed by atoms with Gasteiger partial charge in [-0.05, 0) is 91.6 Å². The molecule has 0 spiro atoms. The molecule has 0 radical (unpaired) electrons. The minimum atomic E-state index is -0.00577. The number of hydrogen-bond donors (Lipinski definition) is 1. The van der Waals surface area contributed by atoms with E-state index in [1.807, 2.05) is 18.2 Å². The van der Waals surface area contributed by atoms with E-state index in [1.54, 1.807) is 6.92 Å². The summed E-state index contributed by atoms with van der Waals surface area (Å²) in [5.41, 5.74) is 5.23. The molecule has 0 aromatic heterocycles. The smallest absolute Gasteiger partial charge is 0.221 e. The minimum Gasteiger partial charge on any atom is -0.326 e. The van der Waals surface area contributed by atoms with Crippen molar-refractivity contribution in [2.75, 3.05) is 25.0 Å². The number of piperidine rings is 1. The van der Waals surface area contributed by atoms with Crippen molar-refractivity contribution in [3.05, 3.63) is 64.2 Å². The number of rotatable bonds is 4. The second-order valence-corrected chi connectivity index (χ2v) is 8.39. The molecule has 1 unspecified atom stereocenters. The Labute approximate surface area is 166 Å². The molecule has 1 atom stereocenters. The lowest BCUT2D eigenvalue weighted by Crippen LogP contribution is -2.35. The highest BCUT2D eigenvalue weighted by Crippen LogP contribution is 2.37. The zero-order chi connectivity index (χ0) is 18.8. The first-order chi connectivity index (χ1) is 13.1. The van der Waals surface area contributed by atoms with Crippen molar-refractivity contribution >= 4 is 23.2 Å². The van der Waals surface area contributed by atoms with Gasteiger partial charge in [0.1, 0.15) is 0 Å². The van der Waals surface area contributed by atoms with Crippen molar-refractivity contribution in [2.45, 2.75) is 44.4 Å². The van der Waals surface area contributed by atoms with Crippen LogP contribution in [0.2, 0.25) is 5.02 Å². The molecule has 1 N–H and O–H groups in total. The summed E-state index contributed by atoms with van der Waals surface area (Å²) in [7, 11) is 0. The number of aryl methyl sites for hydroxylation is 1. The molecule has 1 aliphatic heterocycles. The van der Waals surface area contributed by atoms with Gasteiger partial charge < -0.3 is 10.2 Å². The average molecular weight is 383 g/mol. The molecule has 1 saturated heterocycles. The van der Waals surface area contributed by atoms with E-state index < -0.39 is 0 Å². The van der Waals surface area contributed by atoms with Crippen molar-refractivity contribution in [3.63, 3.8) is 0 Å². The summed E-state index contributed by atoms with van der Waals surface area (Å²) in [6.07, 6.45) is 4.80.